The summed E-state index contributed by atoms with van der Waals surface area (Å²) in [6.07, 6.45) is 1.89. The molecule has 0 atom stereocenters. The number of aromatic nitrogens is 3. The van der Waals surface area contributed by atoms with E-state index in [2.05, 4.69) is 15.0 Å². The van der Waals surface area contributed by atoms with Crippen molar-refractivity contribution in [2.45, 2.75) is 5.16 Å². The van der Waals surface area contributed by atoms with Crippen molar-refractivity contribution in [3.05, 3.63) is 16.4 Å². The zero-order valence-corrected chi connectivity index (χ0v) is 8.96. The van der Waals surface area contributed by atoms with Crippen LogP contribution in [0.5, 0.6) is 0 Å². The molecule has 0 fully saturated rings. The van der Waals surface area contributed by atoms with E-state index in [0.29, 0.717) is 21.1 Å². The van der Waals surface area contributed by atoms with Crippen molar-refractivity contribution in [2.75, 3.05) is 6.26 Å². The average Bonchev–Trinajstić information content (AvgIpc) is 2.46. The van der Waals surface area contributed by atoms with Gasteiger partial charge in [0.2, 0.25) is 0 Å². The summed E-state index contributed by atoms with van der Waals surface area (Å²) in [5.41, 5.74) is 0.675. The van der Waals surface area contributed by atoms with Gasteiger partial charge in [-0.2, -0.15) is 0 Å². The highest BCUT2D eigenvalue weighted by molar-refractivity contribution is 7.98. The number of nitrogens with one attached hydrogen (secondary N) is 1. The number of aromatic amines is 1. The summed E-state index contributed by atoms with van der Waals surface area (Å²) in [4.78, 5) is 11.2. The normalized spacial score (nSPS) is 11.0. The Bertz CT molecular complexity index is 454. The third-order valence-corrected chi connectivity index (χ3v) is 2.61. The number of fused-ring (bicyclic) bond motifs is 1. The lowest BCUT2D eigenvalue weighted by molar-refractivity contribution is 0.999. The zero-order chi connectivity index (χ0) is 9.42. The molecule has 2 rings (SSSR count). The van der Waals surface area contributed by atoms with Crippen LogP contribution in [0.3, 0.4) is 0 Å². The lowest BCUT2D eigenvalue weighted by Crippen LogP contribution is -1.87. The standard InChI is InChI=1S/C7H5Cl2N3S/c1-13-7-11-5(9)3-2-4(8)10-6(3)12-7/h2H,1H3,(H,10,11,12). The predicted molar refractivity (Wildman–Crippen MR) is 55.7 cm³/mol. The molecule has 2 heterocycles. The van der Waals surface area contributed by atoms with Gasteiger partial charge in [0, 0.05) is 0 Å². The second-order valence-electron chi connectivity index (χ2n) is 2.38. The van der Waals surface area contributed by atoms with Gasteiger partial charge in [-0.15, -0.1) is 0 Å². The summed E-state index contributed by atoms with van der Waals surface area (Å²) < 4.78 is 0. The van der Waals surface area contributed by atoms with E-state index in [1.807, 2.05) is 6.26 Å². The molecule has 0 radical (unpaired) electrons. The molecule has 0 saturated heterocycles. The molecule has 2 aromatic heterocycles. The van der Waals surface area contributed by atoms with Gasteiger partial charge in [-0.3, -0.25) is 0 Å². The monoisotopic (exact) mass is 233 g/mol. The van der Waals surface area contributed by atoms with Crippen LogP contribution in [0.25, 0.3) is 11.0 Å². The van der Waals surface area contributed by atoms with Crippen LogP contribution in [0.15, 0.2) is 11.2 Å². The van der Waals surface area contributed by atoms with Gasteiger partial charge in [0.25, 0.3) is 0 Å². The molecule has 0 amide bonds. The topological polar surface area (TPSA) is 41.6 Å². The first kappa shape index (κ1) is 9.12. The molecule has 3 nitrogen and oxygen atoms in total. The largest absolute Gasteiger partial charge is 0.330 e. The molecule has 0 unspecified atom stereocenters. The van der Waals surface area contributed by atoms with Crippen molar-refractivity contribution >= 4 is 46.0 Å². The molecule has 0 bridgehead atoms. The lowest BCUT2D eigenvalue weighted by atomic mass is 10.4. The van der Waals surface area contributed by atoms with Crippen molar-refractivity contribution in [1.82, 2.24) is 15.0 Å². The summed E-state index contributed by atoms with van der Waals surface area (Å²) >= 11 is 13.1. The second kappa shape index (κ2) is 3.36. The zero-order valence-electron chi connectivity index (χ0n) is 6.64. The highest BCUT2D eigenvalue weighted by Gasteiger charge is 2.07. The van der Waals surface area contributed by atoms with E-state index in [1.54, 1.807) is 6.07 Å². The van der Waals surface area contributed by atoms with Crippen molar-refractivity contribution < 1.29 is 0 Å². The summed E-state index contributed by atoms with van der Waals surface area (Å²) in [6.45, 7) is 0. The average molecular weight is 234 g/mol. The summed E-state index contributed by atoms with van der Waals surface area (Å²) in [5, 5.41) is 2.34. The molecule has 0 spiro atoms. The Morgan fingerprint density at radius 3 is 2.85 bits per heavy atom. The number of hydrogen-bond donors (Lipinski definition) is 1. The summed E-state index contributed by atoms with van der Waals surface area (Å²) in [6, 6.07) is 1.71. The first-order valence-electron chi connectivity index (χ1n) is 3.46. The first-order chi connectivity index (χ1) is 6.20. The van der Waals surface area contributed by atoms with Gasteiger partial charge in [-0.1, -0.05) is 35.0 Å². The highest BCUT2D eigenvalue weighted by atomic mass is 35.5. The third-order valence-electron chi connectivity index (χ3n) is 1.57. The van der Waals surface area contributed by atoms with E-state index >= 15 is 0 Å². The Kier molecular flexibility index (Phi) is 2.36. The maximum absolute atomic E-state index is 5.91. The Hall–Kier alpha value is -0.450. The molecule has 6 heteroatoms. The van der Waals surface area contributed by atoms with E-state index in [9.17, 15) is 0 Å². The van der Waals surface area contributed by atoms with Crippen LogP contribution in [0.4, 0.5) is 0 Å². The maximum atomic E-state index is 5.91. The number of halogens is 2. The number of thioether (sulfide) groups is 1. The molecule has 0 aliphatic carbocycles. The molecule has 13 heavy (non-hydrogen) atoms. The van der Waals surface area contributed by atoms with Gasteiger partial charge in [-0.05, 0) is 12.3 Å². The van der Waals surface area contributed by atoms with Crippen LogP contribution in [0.1, 0.15) is 0 Å². The number of hydrogen-bond acceptors (Lipinski definition) is 3. The van der Waals surface area contributed by atoms with Crippen LogP contribution >= 0.6 is 35.0 Å². The highest BCUT2D eigenvalue weighted by Crippen LogP contribution is 2.25. The van der Waals surface area contributed by atoms with Crippen LogP contribution < -0.4 is 0 Å². The van der Waals surface area contributed by atoms with Crippen LogP contribution in [-0.2, 0) is 0 Å². The molecule has 68 valence electrons. The minimum atomic E-state index is 0.428. The van der Waals surface area contributed by atoms with Crippen LogP contribution in [0.2, 0.25) is 10.3 Å². The van der Waals surface area contributed by atoms with E-state index in [-0.39, 0.29) is 0 Å². The molecule has 0 aromatic carbocycles. The van der Waals surface area contributed by atoms with Gasteiger partial charge in [-0.25, -0.2) is 9.97 Å². The van der Waals surface area contributed by atoms with Crippen molar-refractivity contribution in [1.29, 1.82) is 0 Å². The summed E-state index contributed by atoms with van der Waals surface area (Å²) in [7, 11) is 0. The van der Waals surface area contributed by atoms with E-state index < -0.39 is 0 Å². The molecular formula is C7H5Cl2N3S. The lowest BCUT2D eigenvalue weighted by Gasteiger charge is -1.96. The Labute approximate surface area is 88.9 Å². The Morgan fingerprint density at radius 1 is 1.38 bits per heavy atom. The smallest absolute Gasteiger partial charge is 0.190 e. The number of nitrogens with zero attached hydrogens (tertiary/aromatic N) is 2. The van der Waals surface area contributed by atoms with Crippen molar-refractivity contribution in [3.8, 4) is 0 Å². The van der Waals surface area contributed by atoms with E-state index in [4.69, 9.17) is 23.2 Å². The third kappa shape index (κ3) is 1.61. The van der Waals surface area contributed by atoms with Crippen molar-refractivity contribution in [3.63, 3.8) is 0 Å². The Balaban J connectivity index is 2.75. The fourth-order valence-corrected chi connectivity index (χ4v) is 1.85. The van der Waals surface area contributed by atoms with Gasteiger partial charge in [0.1, 0.15) is 16.0 Å². The van der Waals surface area contributed by atoms with Crippen molar-refractivity contribution in [2.24, 2.45) is 0 Å². The number of rotatable bonds is 1. The van der Waals surface area contributed by atoms with E-state index in [0.717, 1.165) is 5.39 Å². The fourth-order valence-electron chi connectivity index (χ4n) is 1.01. The minimum absolute atomic E-state index is 0.428. The quantitative estimate of drug-likeness (QED) is 0.468. The summed E-state index contributed by atoms with van der Waals surface area (Å²) in [5.74, 6) is 0. The first-order valence-corrected chi connectivity index (χ1v) is 5.44. The number of H-pyrrole nitrogens is 1. The van der Waals surface area contributed by atoms with Crippen LogP contribution in [0, 0.1) is 0 Å². The SMILES string of the molecule is CSc1nc(Cl)c2cc(Cl)[nH]c2n1. The fraction of sp³-hybridized carbons (Fsp3) is 0.143. The van der Waals surface area contributed by atoms with Gasteiger partial charge in [0.15, 0.2) is 5.16 Å². The second-order valence-corrected chi connectivity index (χ2v) is 3.92. The maximum Gasteiger partial charge on any atom is 0.190 e. The molecule has 0 aliphatic heterocycles. The molecule has 0 aliphatic rings. The van der Waals surface area contributed by atoms with Gasteiger partial charge < -0.3 is 4.98 Å². The van der Waals surface area contributed by atoms with Gasteiger partial charge >= 0.3 is 0 Å². The molecule has 1 N–H and O–H groups in total. The molecular weight excluding hydrogens is 229 g/mol. The predicted octanol–water partition coefficient (Wildman–Crippen LogP) is 2.99. The molecule has 2 aromatic rings. The Morgan fingerprint density at radius 2 is 2.15 bits per heavy atom. The van der Waals surface area contributed by atoms with Crippen LogP contribution in [-0.4, -0.2) is 21.2 Å². The van der Waals surface area contributed by atoms with E-state index in [1.165, 1.54) is 11.8 Å². The molecule has 0 saturated carbocycles. The minimum Gasteiger partial charge on any atom is -0.330 e. The van der Waals surface area contributed by atoms with Gasteiger partial charge in [0.05, 0.1) is 5.39 Å².